The predicted molar refractivity (Wildman–Crippen MR) is 116 cm³/mol. The van der Waals surface area contributed by atoms with Gasteiger partial charge in [0.1, 0.15) is 11.6 Å². The quantitative estimate of drug-likeness (QED) is 0.340. The van der Waals surface area contributed by atoms with Crippen LogP contribution in [0.15, 0.2) is 34.9 Å². The number of ether oxygens (including phenoxy) is 2. The molecule has 1 aliphatic rings. The molecule has 0 saturated heterocycles. The molecule has 160 valence electrons. The lowest BCUT2D eigenvalue weighted by Crippen LogP contribution is -2.44. The summed E-state index contributed by atoms with van der Waals surface area (Å²) in [5.41, 5.74) is 1.47. The first-order valence-electron chi connectivity index (χ1n) is 10.3. The molecule has 1 aliphatic heterocycles. The Morgan fingerprint density at radius 3 is 2.50 bits per heavy atom. The molecule has 30 heavy (non-hydrogen) atoms. The van der Waals surface area contributed by atoms with Crippen LogP contribution in [0.2, 0.25) is 0 Å². The van der Waals surface area contributed by atoms with Crippen molar-refractivity contribution >= 4 is 17.9 Å². The van der Waals surface area contributed by atoms with Gasteiger partial charge in [-0.25, -0.2) is 0 Å². The second-order valence-electron chi connectivity index (χ2n) is 7.75. The number of carbonyl (C=O) groups excluding carboxylic acids is 2. The first kappa shape index (κ1) is 23.2. The van der Waals surface area contributed by atoms with Crippen molar-refractivity contribution in [1.82, 2.24) is 4.90 Å². The van der Waals surface area contributed by atoms with E-state index in [1.807, 2.05) is 32.0 Å². The first-order chi connectivity index (χ1) is 14.3. The van der Waals surface area contributed by atoms with Crippen LogP contribution < -0.4 is 9.47 Å². The Morgan fingerprint density at radius 1 is 1.17 bits per heavy atom. The maximum atomic E-state index is 13.0. The molecule has 1 aromatic rings. The molecule has 0 saturated carbocycles. The molecule has 0 atom stereocenters. The number of nitrogens with zero attached hydrogens (tertiary/aromatic N) is 2. The van der Waals surface area contributed by atoms with E-state index in [4.69, 9.17) is 9.47 Å². The average molecular weight is 411 g/mol. The molecule has 0 aliphatic carbocycles. The van der Waals surface area contributed by atoms with Crippen LogP contribution in [0.1, 0.15) is 52.5 Å². The number of benzene rings is 1. The summed E-state index contributed by atoms with van der Waals surface area (Å²) in [7, 11) is 1.57. The van der Waals surface area contributed by atoms with Gasteiger partial charge < -0.3 is 9.47 Å². The molecule has 0 radical (unpaired) electrons. The summed E-state index contributed by atoms with van der Waals surface area (Å²) in [6, 6.07) is 7.39. The third-order valence-corrected chi connectivity index (χ3v) is 4.88. The van der Waals surface area contributed by atoms with Gasteiger partial charge in [0, 0.05) is 12.1 Å². The molecular weight excluding hydrogens is 380 g/mol. The lowest BCUT2D eigenvalue weighted by molar-refractivity contribution is -0.141. The molecule has 1 aromatic carbocycles. The van der Waals surface area contributed by atoms with E-state index in [1.54, 1.807) is 26.2 Å². The first-order valence-corrected chi connectivity index (χ1v) is 10.3. The number of carbonyl (C=O) groups is 2. The van der Waals surface area contributed by atoms with Crippen molar-refractivity contribution in [3.8, 4) is 17.6 Å². The van der Waals surface area contributed by atoms with Gasteiger partial charge in [-0.3, -0.25) is 14.5 Å². The summed E-state index contributed by atoms with van der Waals surface area (Å²) in [4.78, 5) is 26.7. The lowest BCUT2D eigenvalue weighted by atomic mass is 9.93. The van der Waals surface area contributed by atoms with Crippen molar-refractivity contribution in [2.45, 2.75) is 47.0 Å². The highest BCUT2D eigenvalue weighted by Gasteiger charge is 2.35. The van der Waals surface area contributed by atoms with Gasteiger partial charge in [0.15, 0.2) is 11.5 Å². The summed E-state index contributed by atoms with van der Waals surface area (Å²) < 4.78 is 11.3. The Balaban J connectivity index is 2.39. The third kappa shape index (κ3) is 5.29. The normalized spacial score (nSPS) is 15.8. The summed E-state index contributed by atoms with van der Waals surface area (Å²) in [5.74, 6) is 0.402. The van der Waals surface area contributed by atoms with Crippen LogP contribution in [-0.2, 0) is 9.59 Å². The molecule has 0 spiro atoms. The number of unbranched alkanes of at least 4 members (excludes halogenated alkanes) is 2. The van der Waals surface area contributed by atoms with Crippen molar-refractivity contribution in [2.24, 2.45) is 5.92 Å². The van der Waals surface area contributed by atoms with Crippen LogP contribution in [0.5, 0.6) is 11.5 Å². The number of hydrogen-bond acceptors (Lipinski definition) is 5. The summed E-state index contributed by atoms with van der Waals surface area (Å²) >= 11 is 0. The Morgan fingerprint density at radius 2 is 1.90 bits per heavy atom. The van der Waals surface area contributed by atoms with Gasteiger partial charge in [0.2, 0.25) is 0 Å². The fourth-order valence-electron chi connectivity index (χ4n) is 3.25. The van der Waals surface area contributed by atoms with Crippen molar-refractivity contribution in [1.29, 1.82) is 5.26 Å². The molecule has 0 aromatic heterocycles. The van der Waals surface area contributed by atoms with E-state index >= 15 is 0 Å². The Kier molecular flexibility index (Phi) is 8.23. The van der Waals surface area contributed by atoms with Gasteiger partial charge >= 0.3 is 0 Å². The molecule has 6 heteroatoms. The topological polar surface area (TPSA) is 79.6 Å². The van der Waals surface area contributed by atoms with E-state index in [1.165, 1.54) is 0 Å². The number of methoxy groups -OCH3 is 1. The van der Waals surface area contributed by atoms with Crippen LogP contribution in [0, 0.1) is 17.2 Å². The fourth-order valence-corrected chi connectivity index (χ4v) is 3.25. The maximum absolute atomic E-state index is 13.0. The van der Waals surface area contributed by atoms with Gasteiger partial charge in [-0.15, -0.1) is 0 Å². The van der Waals surface area contributed by atoms with Gasteiger partial charge in [0.25, 0.3) is 11.8 Å². The van der Waals surface area contributed by atoms with E-state index in [0.717, 1.165) is 29.7 Å². The number of rotatable bonds is 9. The molecule has 2 amide bonds. The molecule has 0 N–H and O–H groups in total. The van der Waals surface area contributed by atoms with Crippen molar-refractivity contribution in [2.75, 3.05) is 20.3 Å². The highest BCUT2D eigenvalue weighted by atomic mass is 16.5. The Hall–Kier alpha value is -3.07. The Labute approximate surface area is 178 Å². The zero-order valence-electron chi connectivity index (χ0n) is 18.4. The zero-order valence-corrected chi connectivity index (χ0v) is 18.4. The van der Waals surface area contributed by atoms with Crippen LogP contribution in [0.3, 0.4) is 0 Å². The second-order valence-corrected chi connectivity index (χ2v) is 7.75. The number of hydrogen-bond donors (Lipinski definition) is 0. The van der Waals surface area contributed by atoms with Crippen LogP contribution in [0.25, 0.3) is 6.08 Å². The molecule has 0 unspecified atom stereocenters. The minimum Gasteiger partial charge on any atom is -0.493 e. The minimum atomic E-state index is -0.528. The van der Waals surface area contributed by atoms with Gasteiger partial charge in [-0.05, 0) is 48.6 Å². The molecule has 0 bridgehead atoms. The standard InChI is InChI=1S/C24H30N2O4/c1-6-7-8-11-30-21-10-9-18(13-22(21)29-5)12-19-17(4)20(14-25)24(28)26(23(19)27)15-16(2)3/h9-10,12-13,16H,6-8,11,15H2,1-5H3/b19-12+. The lowest BCUT2D eigenvalue weighted by Gasteiger charge is -2.28. The fraction of sp³-hybridized carbons (Fsp3) is 0.458. The van der Waals surface area contributed by atoms with E-state index in [9.17, 15) is 14.9 Å². The van der Waals surface area contributed by atoms with Crippen LogP contribution in [-0.4, -0.2) is 37.0 Å². The minimum absolute atomic E-state index is 0.00402. The smallest absolute Gasteiger partial charge is 0.271 e. The largest absolute Gasteiger partial charge is 0.493 e. The van der Waals surface area contributed by atoms with E-state index in [2.05, 4.69) is 6.92 Å². The third-order valence-electron chi connectivity index (χ3n) is 4.88. The number of nitriles is 1. The summed E-state index contributed by atoms with van der Waals surface area (Å²) in [6.07, 6.45) is 4.89. The summed E-state index contributed by atoms with van der Waals surface area (Å²) in [6.45, 7) is 8.50. The monoisotopic (exact) mass is 410 g/mol. The average Bonchev–Trinajstić information content (AvgIpc) is 2.72. The van der Waals surface area contributed by atoms with Crippen molar-refractivity contribution in [3.05, 3.63) is 40.5 Å². The number of amides is 2. The SMILES string of the molecule is CCCCCOc1ccc(/C=C2/C(=O)N(CC(C)C)C(=O)C(C#N)=C2C)cc1OC. The van der Waals surface area contributed by atoms with E-state index in [-0.39, 0.29) is 23.9 Å². The highest BCUT2D eigenvalue weighted by molar-refractivity contribution is 6.19. The second kappa shape index (κ2) is 10.6. The molecular formula is C24H30N2O4. The van der Waals surface area contributed by atoms with Gasteiger partial charge in [-0.1, -0.05) is 39.7 Å². The van der Waals surface area contributed by atoms with Crippen molar-refractivity contribution < 1.29 is 19.1 Å². The maximum Gasteiger partial charge on any atom is 0.271 e. The van der Waals surface area contributed by atoms with Gasteiger partial charge in [0.05, 0.1) is 13.7 Å². The highest BCUT2D eigenvalue weighted by Crippen LogP contribution is 2.32. The van der Waals surface area contributed by atoms with Crippen LogP contribution in [0.4, 0.5) is 0 Å². The zero-order chi connectivity index (χ0) is 22.3. The number of imide groups is 1. The molecule has 2 rings (SSSR count). The van der Waals surface area contributed by atoms with E-state index in [0.29, 0.717) is 29.3 Å². The molecule has 6 nitrogen and oxygen atoms in total. The van der Waals surface area contributed by atoms with Gasteiger partial charge in [-0.2, -0.15) is 5.26 Å². The van der Waals surface area contributed by atoms with Crippen molar-refractivity contribution in [3.63, 3.8) is 0 Å². The van der Waals surface area contributed by atoms with E-state index < -0.39 is 5.91 Å². The predicted octanol–water partition coefficient (Wildman–Crippen LogP) is 4.51. The molecule has 1 heterocycles. The Bertz CT molecular complexity index is 906. The van der Waals surface area contributed by atoms with Crippen LogP contribution >= 0.6 is 0 Å². The molecule has 0 fully saturated rings. The summed E-state index contributed by atoms with van der Waals surface area (Å²) in [5, 5.41) is 9.46.